The standard InChI is InChI=1S/C46H43BrN2/c1-45(2,3)34-24-28-36(29-25-34)48(37-30-26-35(27-31-37)46(4,5)6)42-22-13-23-43(44(42)47)49(40-20-11-16-32-14-7-9-18-38(32)40)41-21-12-17-33-15-8-10-19-39(33)41/h7-31H,1-6H3. The molecule has 3 heteroatoms. The molecule has 0 aliphatic carbocycles. The van der Waals surface area contributed by atoms with Gasteiger partial charge in [-0.15, -0.1) is 0 Å². The molecule has 0 aromatic heterocycles. The van der Waals surface area contributed by atoms with Crippen molar-refractivity contribution in [3.05, 3.63) is 167 Å². The predicted octanol–water partition coefficient (Wildman–Crippen LogP) is 14.3. The minimum atomic E-state index is 0.0651. The third-order valence-corrected chi connectivity index (χ3v) is 10.3. The molecule has 244 valence electrons. The Labute approximate surface area is 299 Å². The van der Waals surface area contributed by atoms with Crippen molar-refractivity contribution in [3.63, 3.8) is 0 Å². The highest BCUT2D eigenvalue weighted by atomic mass is 79.9. The highest BCUT2D eigenvalue weighted by Crippen LogP contribution is 2.49. The first-order chi connectivity index (χ1) is 23.5. The maximum absolute atomic E-state index is 4.21. The summed E-state index contributed by atoms with van der Waals surface area (Å²) in [4.78, 5) is 4.79. The van der Waals surface area contributed by atoms with Crippen LogP contribution in [0.25, 0.3) is 21.5 Å². The van der Waals surface area contributed by atoms with Crippen molar-refractivity contribution in [1.82, 2.24) is 0 Å². The molecule has 7 rings (SSSR count). The Balaban J connectivity index is 1.47. The van der Waals surface area contributed by atoms with E-state index in [4.69, 9.17) is 0 Å². The van der Waals surface area contributed by atoms with Gasteiger partial charge in [-0.1, -0.05) is 145 Å². The summed E-state index contributed by atoms with van der Waals surface area (Å²) in [5.41, 5.74) is 9.35. The average Bonchev–Trinajstić information content (AvgIpc) is 3.10. The summed E-state index contributed by atoms with van der Waals surface area (Å²) < 4.78 is 1.01. The normalized spacial score (nSPS) is 12.0. The molecular weight excluding hydrogens is 660 g/mol. The van der Waals surface area contributed by atoms with Gasteiger partial charge in [0, 0.05) is 22.1 Å². The first-order valence-electron chi connectivity index (χ1n) is 17.1. The predicted molar refractivity (Wildman–Crippen MR) is 216 cm³/mol. The van der Waals surface area contributed by atoms with Crippen LogP contribution in [0.2, 0.25) is 0 Å². The van der Waals surface area contributed by atoms with Crippen molar-refractivity contribution >= 4 is 71.6 Å². The molecule has 0 atom stereocenters. The van der Waals surface area contributed by atoms with Gasteiger partial charge in [0.15, 0.2) is 0 Å². The van der Waals surface area contributed by atoms with Gasteiger partial charge in [-0.2, -0.15) is 0 Å². The van der Waals surface area contributed by atoms with Crippen LogP contribution in [0.15, 0.2) is 156 Å². The molecule has 0 aliphatic rings. The minimum absolute atomic E-state index is 0.0651. The Kier molecular flexibility index (Phi) is 8.58. The van der Waals surface area contributed by atoms with E-state index in [1.54, 1.807) is 0 Å². The fourth-order valence-corrected chi connectivity index (χ4v) is 7.32. The summed E-state index contributed by atoms with van der Waals surface area (Å²) in [5, 5.41) is 4.80. The van der Waals surface area contributed by atoms with Gasteiger partial charge >= 0.3 is 0 Å². The van der Waals surface area contributed by atoms with E-state index in [1.807, 2.05) is 0 Å². The lowest BCUT2D eigenvalue weighted by molar-refractivity contribution is 0.590. The first kappa shape index (κ1) is 32.7. The molecule has 0 heterocycles. The largest absolute Gasteiger partial charge is 0.309 e. The third kappa shape index (κ3) is 6.36. The lowest BCUT2D eigenvalue weighted by Crippen LogP contribution is -2.16. The second-order valence-electron chi connectivity index (χ2n) is 14.9. The van der Waals surface area contributed by atoms with Crippen molar-refractivity contribution in [2.24, 2.45) is 0 Å². The van der Waals surface area contributed by atoms with Gasteiger partial charge in [-0.3, -0.25) is 0 Å². The molecule has 7 aromatic rings. The molecule has 0 bridgehead atoms. The van der Waals surface area contributed by atoms with E-state index in [0.717, 1.165) is 38.6 Å². The zero-order chi connectivity index (χ0) is 34.3. The monoisotopic (exact) mass is 702 g/mol. The SMILES string of the molecule is CC(C)(C)c1ccc(N(c2ccc(C(C)(C)C)cc2)c2cccc(N(c3cccc4ccccc34)c3cccc4ccccc34)c2Br)cc1. The topological polar surface area (TPSA) is 6.48 Å². The molecule has 0 unspecified atom stereocenters. The molecule has 7 aromatic carbocycles. The van der Waals surface area contributed by atoms with Gasteiger partial charge in [-0.05, 0) is 97.2 Å². The first-order valence-corrected chi connectivity index (χ1v) is 17.9. The number of fused-ring (bicyclic) bond motifs is 2. The van der Waals surface area contributed by atoms with Crippen LogP contribution in [0.3, 0.4) is 0 Å². The number of hydrogen-bond donors (Lipinski definition) is 0. The molecule has 0 amide bonds. The number of rotatable bonds is 6. The van der Waals surface area contributed by atoms with Crippen LogP contribution in [-0.2, 0) is 10.8 Å². The Morgan fingerprint density at radius 2 is 0.714 bits per heavy atom. The second kappa shape index (κ2) is 12.9. The summed E-state index contributed by atoms with van der Waals surface area (Å²) in [6, 6.07) is 55.2. The van der Waals surface area contributed by atoms with E-state index < -0.39 is 0 Å². The molecule has 2 nitrogen and oxygen atoms in total. The molecule has 0 radical (unpaired) electrons. The van der Waals surface area contributed by atoms with E-state index >= 15 is 0 Å². The van der Waals surface area contributed by atoms with Crippen LogP contribution in [0.1, 0.15) is 52.7 Å². The van der Waals surface area contributed by atoms with Crippen LogP contribution in [0.5, 0.6) is 0 Å². The smallest absolute Gasteiger partial charge is 0.0656 e. The van der Waals surface area contributed by atoms with Crippen LogP contribution in [0, 0.1) is 0 Å². The van der Waals surface area contributed by atoms with Crippen LogP contribution in [-0.4, -0.2) is 0 Å². The number of halogens is 1. The molecule has 0 spiro atoms. The summed E-state index contributed by atoms with van der Waals surface area (Å²) in [6.07, 6.45) is 0. The van der Waals surface area contributed by atoms with Crippen molar-refractivity contribution in [2.45, 2.75) is 52.4 Å². The zero-order valence-corrected chi connectivity index (χ0v) is 30.8. The molecule has 0 N–H and O–H groups in total. The lowest BCUT2D eigenvalue weighted by atomic mass is 9.86. The maximum atomic E-state index is 4.21. The zero-order valence-electron chi connectivity index (χ0n) is 29.2. The summed E-state index contributed by atoms with van der Waals surface area (Å²) in [5.74, 6) is 0. The summed E-state index contributed by atoms with van der Waals surface area (Å²) in [7, 11) is 0. The number of benzene rings is 7. The Hall–Kier alpha value is -4.86. The number of nitrogens with zero attached hydrogens (tertiary/aromatic N) is 2. The van der Waals surface area contributed by atoms with Gasteiger partial charge < -0.3 is 9.80 Å². The van der Waals surface area contributed by atoms with E-state index in [1.165, 1.54) is 32.7 Å². The summed E-state index contributed by atoms with van der Waals surface area (Å²) in [6.45, 7) is 13.6. The molecular formula is C46H43BrN2. The molecule has 0 aliphatic heterocycles. The number of anilines is 6. The minimum Gasteiger partial charge on any atom is -0.309 e. The van der Waals surface area contributed by atoms with Crippen molar-refractivity contribution in [1.29, 1.82) is 0 Å². The van der Waals surface area contributed by atoms with Crippen molar-refractivity contribution < 1.29 is 0 Å². The molecule has 49 heavy (non-hydrogen) atoms. The van der Waals surface area contributed by atoms with Gasteiger partial charge in [0.05, 0.1) is 27.2 Å². The summed E-state index contributed by atoms with van der Waals surface area (Å²) >= 11 is 4.21. The fraction of sp³-hybridized carbons (Fsp3) is 0.174. The number of hydrogen-bond acceptors (Lipinski definition) is 2. The Bertz CT molecular complexity index is 2110. The molecule has 0 saturated carbocycles. The van der Waals surface area contributed by atoms with E-state index in [9.17, 15) is 0 Å². The van der Waals surface area contributed by atoms with Gasteiger partial charge in [-0.25, -0.2) is 0 Å². The van der Waals surface area contributed by atoms with E-state index in [2.05, 4.69) is 219 Å². The average molecular weight is 704 g/mol. The molecule has 0 saturated heterocycles. The molecule has 0 fully saturated rings. The van der Waals surface area contributed by atoms with Crippen molar-refractivity contribution in [3.8, 4) is 0 Å². The Morgan fingerprint density at radius 3 is 1.14 bits per heavy atom. The van der Waals surface area contributed by atoms with E-state index in [-0.39, 0.29) is 10.8 Å². The van der Waals surface area contributed by atoms with E-state index in [0.29, 0.717) is 0 Å². The second-order valence-corrected chi connectivity index (χ2v) is 15.7. The van der Waals surface area contributed by atoms with Crippen molar-refractivity contribution in [2.75, 3.05) is 9.80 Å². The van der Waals surface area contributed by atoms with Crippen LogP contribution < -0.4 is 9.80 Å². The van der Waals surface area contributed by atoms with Gasteiger partial charge in [0.2, 0.25) is 0 Å². The van der Waals surface area contributed by atoms with Gasteiger partial charge in [0.25, 0.3) is 0 Å². The fourth-order valence-electron chi connectivity index (χ4n) is 6.70. The highest BCUT2D eigenvalue weighted by Gasteiger charge is 2.25. The quantitative estimate of drug-likeness (QED) is 0.170. The highest BCUT2D eigenvalue weighted by molar-refractivity contribution is 9.10. The van der Waals surface area contributed by atoms with Crippen LogP contribution in [0.4, 0.5) is 34.1 Å². The van der Waals surface area contributed by atoms with Gasteiger partial charge in [0.1, 0.15) is 0 Å². The van der Waals surface area contributed by atoms with Crippen LogP contribution >= 0.6 is 15.9 Å². The maximum Gasteiger partial charge on any atom is 0.0656 e. The lowest BCUT2D eigenvalue weighted by Gasteiger charge is -2.32. The Morgan fingerprint density at radius 1 is 0.367 bits per heavy atom. The third-order valence-electron chi connectivity index (χ3n) is 9.44.